The van der Waals surface area contributed by atoms with Crippen molar-refractivity contribution in [3.05, 3.63) is 51.4 Å². The summed E-state index contributed by atoms with van der Waals surface area (Å²) in [4.78, 5) is 3.01. The molecule has 0 spiro atoms. The van der Waals surface area contributed by atoms with Crippen LogP contribution in [0.15, 0.2) is 16.7 Å². The fourth-order valence-corrected chi connectivity index (χ4v) is 2.37. The van der Waals surface area contributed by atoms with Gasteiger partial charge in [-0.25, -0.2) is 0 Å². The van der Waals surface area contributed by atoms with E-state index in [2.05, 4.69) is 14.7 Å². The Morgan fingerprint density at radius 2 is 1.72 bits per heavy atom. The van der Waals surface area contributed by atoms with Gasteiger partial charge in [-0.05, 0) is 30.2 Å². The van der Waals surface area contributed by atoms with Gasteiger partial charge in [-0.3, -0.25) is 0 Å². The van der Waals surface area contributed by atoms with Crippen LogP contribution >= 0.6 is 23.2 Å². The summed E-state index contributed by atoms with van der Waals surface area (Å²) in [5.41, 5.74) is -4.64. The smallest absolute Gasteiger partial charge is 0.376 e. The van der Waals surface area contributed by atoms with Crippen LogP contribution in [0.5, 0.6) is 0 Å². The second-order valence-electron chi connectivity index (χ2n) is 5.02. The molecule has 12 heteroatoms. The summed E-state index contributed by atoms with van der Waals surface area (Å²) in [6.45, 7) is 0.446. The topological polar surface area (TPSA) is 59.2 Å². The highest BCUT2D eigenvalue weighted by atomic mass is 35.5. The maximum absolute atomic E-state index is 13.1. The van der Waals surface area contributed by atoms with Gasteiger partial charge in [0.1, 0.15) is 0 Å². The number of rotatable bonds is 3. The molecular weight excluding hydrogens is 401 g/mol. The molecule has 0 amide bonds. The number of benzene rings is 1. The normalized spacial score (nSPS) is 15.3. The number of aliphatic hydroxyl groups is 1. The highest BCUT2D eigenvalue weighted by Crippen LogP contribution is 2.43. The minimum absolute atomic E-state index is 0.219. The highest BCUT2D eigenvalue weighted by molar-refractivity contribution is 6.35. The van der Waals surface area contributed by atoms with E-state index in [1.54, 1.807) is 0 Å². The molecular formula is C13H7Cl2F6N2O2. The first-order chi connectivity index (χ1) is 11.2. The van der Waals surface area contributed by atoms with Crippen molar-refractivity contribution < 1.29 is 36.0 Å². The zero-order valence-electron chi connectivity index (χ0n) is 12.0. The number of alkyl halides is 6. The quantitative estimate of drug-likeness (QED) is 0.744. The van der Waals surface area contributed by atoms with Crippen LogP contribution in [0, 0.1) is 6.42 Å². The van der Waals surface area contributed by atoms with E-state index < -0.39 is 40.8 Å². The van der Waals surface area contributed by atoms with E-state index in [4.69, 9.17) is 23.2 Å². The lowest BCUT2D eigenvalue weighted by Crippen LogP contribution is -2.40. The van der Waals surface area contributed by atoms with Gasteiger partial charge in [0.05, 0.1) is 6.42 Å². The summed E-state index contributed by atoms with van der Waals surface area (Å²) in [6, 6.07) is 1.83. The maximum Gasteiger partial charge on any atom is 0.455 e. The first-order valence-corrected chi connectivity index (χ1v) is 7.03. The molecule has 1 aromatic heterocycles. The lowest BCUT2D eigenvalue weighted by Gasteiger charge is -2.29. The maximum atomic E-state index is 13.1. The van der Waals surface area contributed by atoms with Crippen molar-refractivity contribution in [3.8, 4) is 0 Å². The van der Waals surface area contributed by atoms with Gasteiger partial charge in [-0.15, -0.1) is 0 Å². The van der Waals surface area contributed by atoms with E-state index in [9.17, 15) is 31.4 Å². The molecule has 0 aliphatic rings. The molecule has 25 heavy (non-hydrogen) atoms. The third-order valence-electron chi connectivity index (χ3n) is 3.13. The van der Waals surface area contributed by atoms with Crippen LogP contribution in [0.4, 0.5) is 26.3 Å². The molecule has 0 bridgehead atoms. The SMILES string of the molecule is C[C@](O)(c1cc(Cl)cc(Cl)c1[CH]c1nc(C(F)(F)F)no1)C(F)(F)F. The van der Waals surface area contributed by atoms with Gasteiger partial charge in [0.15, 0.2) is 5.60 Å². The first kappa shape index (κ1) is 19.8. The monoisotopic (exact) mass is 407 g/mol. The lowest BCUT2D eigenvalue weighted by atomic mass is 9.89. The van der Waals surface area contributed by atoms with E-state index in [0.717, 1.165) is 12.1 Å². The van der Waals surface area contributed by atoms with Gasteiger partial charge in [-0.2, -0.15) is 31.3 Å². The number of hydrogen-bond acceptors (Lipinski definition) is 4. The van der Waals surface area contributed by atoms with Crippen molar-refractivity contribution in [2.24, 2.45) is 0 Å². The Balaban J connectivity index is 2.53. The van der Waals surface area contributed by atoms with Crippen molar-refractivity contribution >= 4 is 23.2 Å². The molecule has 0 aliphatic heterocycles. The Labute approximate surface area is 146 Å². The second-order valence-corrected chi connectivity index (χ2v) is 5.86. The first-order valence-electron chi connectivity index (χ1n) is 6.28. The Morgan fingerprint density at radius 3 is 2.20 bits per heavy atom. The van der Waals surface area contributed by atoms with E-state index in [1.807, 2.05) is 0 Å². The average Bonchev–Trinajstić information content (AvgIpc) is 2.88. The summed E-state index contributed by atoms with van der Waals surface area (Å²) in [5.74, 6) is -2.37. The fourth-order valence-electron chi connectivity index (χ4n) is 1.82. The summed E-state index contributed by atoms with van der Waals surface area (Å²) in [7, 11) is 0. The molecule has 1 N–H and O–H groups in total. The third-order valence-corrected chi connectivity index (χ3v) is 3.66. The fraction of sp³-hybridized carbons (Fsp3) is 0.308. The van der Waals surface area contributed by atoms with Gasteiger partial charge in [-0.1, -0.05) is 28.4 Å². The van der Waals surface area contributed by atoms with E-state index in [-0.39, 0.29) is 10.0 Å². The minimum atomic E-state index is -5.12. The second kappa shape index (κ2) is 6.33. The lowest BCUT2D eigenvalue weighted by molar-refractivity contribution is -0.259. The van der Waals surface area contributed by atoms with Crippen molar-refractivity contribution in [1.29, 1.82) is 0 Å². The zero-order valence-corrected chi connectivity index (χ0v) is 13.5. The van der Waals surface area contributed by atoms with E-state index in [1.165, 1.54) is 0 Å². The molecule has 0 saturated carbocycles. The van der Waals surface area contributed by atoms with E-state index >= 15 is 0 Å². The van der Waals surface area contributed by atoms with Crippen molar-refractivity contribution in [2.45, 2.75) is 24.9 Å². The van der Waals surface area contributed by atoms with Crippen LogP contribution in [-0.2, 0) is 11.8 Å². The van der Waals surface area contributed by atoms with Gasteiger partial charge in [0.2, 0.25) is 5.89 Å². The van der Waals surface area contributed by atoms with Gasteiger partial charge >= 0.3 is 12.4 Å². The summed E-state index contributed by atoms with van der Waals surface area (Å²) < 4.78 is 81.1. The number of halogens is 8. The molecule has 137 valence electrons. The van der Waals surface area contributed by atoms with Gasteiger partial charge in [0, 0.05) is 10.0 Å². The Bertz CT molecular complexity index is 786. The van der Waals surface area contributed by atoms with Crippen LogP contribution in [-0.4, -0.2) is 21.4 Å². The Morgan fingerprint density at radius 1 is 1.12 bits per heavy atom. The van der Waals surface area contributed by atoms with Crippen molar-refractivity contribution in [1.82, 2.24) is 10.1 Å². The van der Waals surface area contributed by atoms with Crippen molar-refractivity contribution in [2.75, 3.05) is 0 Å². The van der Waals surface area contributed by atoms with Crippen LogP contribution in [0.3, 0.4) is 0 Å². The van der Waals surface area contributed by atoms with Crippen molar-refractivity contribution in [3.63, 3.8) is 0 Å². The number of aromatic nitrogens is 2. The highest BCUT2D eigenvalue weighted by Gasteiger charge is 2.52. The van der Waals surface area contributed by atoms with Gasteiger partial charge in [0.25, 0.3) is 5.82 Å². The third kappa shape index (κ3) is 4.01. The van der Waals surface area contributed by atoms with Crippen LogP contribution in [0.2, 0.25) is 10.0 Å². The molecule has 0 fully saturated rings. The molecule has 1 heterocycles. The number of nitrogens with zero attached hydrogens (tertiary/aromatic N) is 2. The predicted molar refractivity (Wildman–Crippen MR) is 73.9 cm³/mol. The average molecular weight is 408 g/mol. The Hall–Kier alpha value is -1.52. The molecule has 2 aromatic rings. The molecule has 1 aromatic carbocycles. The summed E-state index contributed by atoms with van der Waals surface area (Å²) >= 11 is 11.5. The molecule has 2 rings (SSSR count). The van der Waals surface area contributed by atoms with Crippen LogP contribution < -0.4 is 0 Å². The number of hydrogen-bond donors (Lipinski definition) is 1. The van der Waals surface area contributed by atoms with Gasteiger partial charge < -0.3 is 9.63 Å². The molecule has 4 nitrogen and oxygen atoms in total. The molecule has 0 aliphatic carbocycles. The minimum Gasteiger partial charge on any atom is -0.376 e. The Kier molecular flexibility index (Phi) is 5.01. The standard InChI is InChI=1S/C13H7Cl2F6N2O2/c1-11(24,13(19,20)21)7-2-5(14)3-8(15)6(7)4-9-22-10(23-25-9)12(16,17)18/h2-4,24H,1H3/t11-/m0/s1. The van der Waals surface area contributed by atoms with Crippen LogP contribution in [0.1, 0.15) is 29.8 Å². The predicted octanol–water partition coefficient (Wildman–Crippen LogP) is 4.77. The van der Waals surface area contributed by atoms with E-state index in [0.29, 0.717) is 13.3 Å². The zero-order chi connectivity index (χ0) is 19.2. The van der Waals surface area contributed by atoms with Crippen LogP contribution in [0.25, 0.3) is 0 Å². The molecule has 1 atom stereocenters. The molecule has 0 unspecified atom stereocenters. The largest absolute Gasteiger partial charge is 0.455 e. The summed E-state index contributed by atoms with van der Waals surface area (Å²) in [6.07, 6.45) is -9.33. The molecule has 1 radical (unpaired) electrons. The molecule has 0 saturated heterocycles. The summed E-state index contributed by atoms with van der Waals surface area (Å²) in [5, 5.41) is 11.9.